The Balaban J connectivity index is 2.14. The zero-order valence-electron chi connectivity index (χ0n) is 13.0. The lowest BCUT2D eigenvalue weighted by Gasteiger charge is -2.13. The summed E-state index contributed by atoms with van der Waals surface area (Å²) in [5, 5.41) is 3.23. The second kappa shape index (κ2) is 7.22. The van der Waals surface area contributed by atoms with Crippen LogP contribution in [0.3, 0.4) is 0 Å². The van der Waals surface area contributed by atoms with Crippen LogP contribution in [0, 0.1) is 0 Å². The molecule has 0 fully saturated rings. The van der Waals surface area contributed by atoms with Gasteiger partial charge in [0.2, 0.25) is 5.95 Å². The molecular weight excluding hydrogens is 323 g/mol. The van der Waals surface area contributed by atoms with Crippen LogP contribution in [-0.4, -0.2) is 48.3 Å². The molecule has 0 amide bonds. The van der Waals surface area contributed by atoms with Crippen molar-refractivity contribution < 1.29 is 19.1 Å². The molecule has 0 bridgehead atoms. The van der Waals surface area contributed by atoms with E-state index in [1.165, 1.54) is 0 Å². The fraction of sp³-hybridized carbons (Fsp3) is 0.583. The van der Waals surface area contributed by atoms with Gasteiger partial charge in [0.15, 0.2) is 17.0 Å². The third-order valence-electron chi connectivity index (χ3n) is 3.21. The highest BCUT2D eigenvalue weighted by atomic mass is 31.2. The topological polar surface area (TPSA) is 148 Å². The van der Waals surface area contributed by atoms with Crippen molar-refractivity contribution in [2.45, 2.75) is 32.9 Å². The number of nitrogens with zero attached hydrogens (tertiary/aromatic N) is 4. The molecule has 23 heavy (non-hydrogen) atoms. The fourth-order valence-corrected chi connectivity index (χ4v) is 2.27. The highest BCUT2D eigenvalue weighted by Gasteiger charge is 2.15. The molecule has 0 aromatic carbocycles. The van der Waals surface area contributed by atoms with Gasteiger partial charge < -0.3 is 30.1 Å². The van der Waals surface area contributed by atoms with Crippen molar-refractivity contribution in [1.29, 1.82) is 0 Å². The molecule has 2 aromatic rings. The van der Waals surface area contributed by atoms with Gasteiger partial charge in [-0.1, -0.05) is 6.92 Å². The zero-order chi connectivity index (χ0) is 17.0. The van der Waals surface area contributed by atoms with Crippen LogP contribution in [0.5, 0.6) is 0 Å². The lowest BCUT2D eigenvalue weighted by atomic mass is 10.2. The van der Waals surface area contributed by atoms with E-state index in [1.54, 1.807) is 10.9 Å². The number of nitrogens with one attached hydrogen (secondary N) is 1. The average Bonchev–Trinajstić information content (AvgIpc) is 2.85. The van der Waals surface area contributed by atoms with Crippen molar-refractivity contribution >= 4 is 30.5 Å². The Kier molecular flexibility index (Phi) is 5.53. The maximum Gasteiger partial charge on any atom is 0.350 e. The van der Waals surface area contributed by atoms with E-state index < -0.39 is 13.9 Å². The Morgan fingerprint density at radius 2 is 2.22 bits per heavy atom. The van der Waals surface area contributed by atoms with Gasteiger partial charge in [0.25, 0.3) is 0 Å². The summed E-state index contributed by atoms with van der Waals surface area (Å²) in [5.41, 5.74) is 6.88. The summed E-state index contributed by atoms with van der Waals surface area (Å²) in [6.07, 6.45) is 1.88. The fourth-order valence-electron chi connectivity index (χ4n) is 1.91. The van der Waals surface area contributed by atoms with Gasteiger partial charge >= 0.3 is 7.60 Å². The SMILES string of the molecule is CCC(C)Nc1nc(N)nc2c1ncn2CCOCP(=O)(O)O. The summed E-state index contributed by atoms with van der Waals surface area (Å²) in [4.78, 5) is 30.1. The number of hydrogen-bond donors (Lipinski definition) is 4. The van der Waals surface area contributed by atoms with Crippen LogP contribution in [0.2, 0.25) is 0 Å². The van der Waals surface area contributed by atoms with Crippen LogP contribution in [-0.2, 0) is 15.8 Å². The van der Waals surface area contributed by atoms with Gasteiger partial charge in [-0.15, -0.1) is 0 Å². The van der Waals surface area contributed by atoms with E-state index in [0.29, 0.717) is 23.5 Å². The van der Waals surface area contributed by atoms with E-state index in [0.717, 1.165) is 6.42 Å². The number of ether oxygens (including phenoxy) is 1. The predicted molar refractivity (Wildman–Crippen MR) is 86.0 cm³/mol. The van der Waals surface area contributed by atoms with Crippen molar-refractivity contribution in [3.8, 4) is 0 Å². The third-order valence-corrected chi connectivity index (χ3v) is 3.73. The lowest BCUT2D eigenvalue weighted by molar-refractivity contribution is 0.149. The van der Waals surface area contributed by atoms with Crippen molar-refractivity contribution in [3.63, 3.8) is 0 Å². The van der Waals surface area contributed by atoms with Crippen molar-refractivity contribution in [3.05, 3.63) is 6.33 Å². The molecule has 5 N–H and O–H groups in total. The monoisotopic (exact) mass is 344 g/mol. The molecule has 0 spiro atoms. The normalized spacial score (nSPS) is 13.4. The average molecular weight is 344 g/mol. The molecule has 10 nitrogen and oxygen atoms in total. The van der Waals surface area contributed by atoms with Crippen molar-refractivity contribution in [2.24, 2.45) is 0 Å². The van der Waals surface area contributed by atoms with Crippen molar-refractivity contribution in [1.82, 2.24) is 19.5 Å². The van der Waals surface area contributed by atoms with Crippen molar-refractivity contribution in [2.75, 3.05) is 24.0 Å². The zero-order valence-corrected chi connectivity index (χ0v) is 13.9. The van der Waals surface area contributed by atoms with E-state index in [2.05, 4.69) is 27.2 Å². The highest BCUT2D eigenvalue weighted by Crippen LogP contribution is 2.33. The van der Waals surface area contributed by atoms with Crippen LogP contribution >= 0.6 is 7.60 Å². The number of imidazole rings is 1. The minimum atomic E-state index is -4.16. The van der Waals surface area contributed by atoms with E-state index in [1.807, 2.05) is 6.92 Å². The minimum Gasteiger partial charge on any atom is -0.368 e. The molecule has 0 saturated heterocycles. The second-order valence-electron chi connectivity index (χ2n) is 5.20. The van der Waals surface area contributed by atoms with Gasteiger partial charge in [0, 0.05) is 12.6 Å². The van der Waals surface area contributed by atoms with Crippen LogP contribution < -0.4 is 11.1 Å². The van der Waals surface area contributed by atoms with E-state index in [-0.39, 0.29) is 18.6 Å². The molecular formula is C12H21N6O4P. The third kappa shape index (κ3) is 4.87. The Morgan fingerprint density at radius 1 is 1.48 bits per heavy atom. The number of nitrogen functional groups attached to an aromatic ring is 1. The molecule has 2 heterocycles. The number of anilines is 2. The molecule has 1 atom stereocenters. The number of aromatic nitrogens is 4. The van der Waals surface area contributed by atoms with Gasteiger partial charge in [-0.05, 0) is 13.3 Å². The molecule has 0 aliphatic heterocycles. The van der Waals surface area contributed by atoms with Gasteiger partial charge in [0.1, 0.15) is 6.35 Å². The largest absolute Gasteiger partial charge is 0.368 e. The van der Waals surface area contributed by atoms with Gasteiger partial charge in [0.05, 0.1) is 12.9 Å². The van der Waals surface area contributed by atoms with Gasteiger partial charge in [-0.2, -0.15) is 9.97 Å². The first-order chi connectivity index (χ1) is 10.8. The standard InChI is InChI=1S/C12H21N6O4P/c1-3-8(2)15-10-9-11(17-12(13)16-10)18(6-14-9)4-5-22-7-23(19,20)21/h6,8H,3-5,7H2,1-2H3,(H2,19,20,21)(H3,13,15,16,17). The Bertz CT molecular complexity index is 715. The Morgan fingerprint density at radius 3 is 2.87 bits per heavy atom. The quantitative estimate of drug-likeness (QED) is 0.402. The first-order valence-electron chi connectivity index (χ1n) is 7.17. The molecule has 2 aromatic heterocycles. The molecule has 0 aliphatic rings. The number of nitrogens with two attached hydrogens (primary N) is 1. The van der Waals surface area contributed by atoms with E-state index in [4.69, 9.17) is 20.3 Å². The number of fused-ring (bicyclic) bond motifs is 1. The smallest absolute Gasteiger partial charge is 0.350 e. The molecule has 1 unspecified atom stereocenters. The predicted octanol–water partition coefficient (Wildman–Crippen LogP) is 0.771. The van der Waals surface area contributed by atoms with Gasteiger partial charge in [-0.3, -0.25) is 4.57 Å². The molecule has 11 heteroatoms. The Labute approximate surface area is 133 Å². The second-order valence-corrected chi connectivity index (χ2v) is 6.78. The maximum atomic E-state index is 10.7. The molecule has 0 aliphatic carbocycles. The number of rotatable bonds is 8. The number of hydrogen-bond acceptors (Lipinski definition) is 7. The highest BCUT2D eigenvalue weighted by molar-refractivity contribution is 7.51. The Hall–Kier alpha value is -1.74. The first-order valence-corrected chi connectivity index (χ1v) is 8.97. The van der Waals surface area contributed by atoms with Gasteiger partial charge in [-0.25, -0.2) is 4.98 Å². The molecule has 0 saturated carbocycles. The van der Waals surface area contributed by atoms with E-state index >= 15 is 0 Å². The summed E-state index contributed by atoms with van der Waals surface area (Å²) in [5.74, 6) is 0.693. The summed E-state index contributed by atoms with van der Waals surface area (Å²) in [7, 11) is -4.16. The summed E-state index contributed by atoms with van der Waals surface area (Å²) >= 11 is 0. The van der Waals surface area contributed by atoms with E-state index in [9.17, 15) is 4.57 Å². The maximum absolute atomic E-state index is 10.7. The molecule has 2 rings (SSSR count). The molecule has 128 valence electrons. The molecule has 0 radical (unpaired) electrons. The van der Waals surface area contributed by atoms with Crippen LogP contribution in [0.25, 0.3) is 11.2 Å². The minimum absolute atomic E-state index is 0.120. The van der Waals surface area contributed by atoms with Crippen LogP contribution in [0.1, 0.15) is 20.3 Å². The summed E-state index contributed by atoms with van der Waals surface area (Å²) < 4.78 is 17.4. The van der Waals surface area contributed by atoms with Crippen LogP contribution in [0.4, 0.5) is 11.8 Å². The summed E-state index contributed by atoms with van der Waals surface area (Å²) in [6, 6.07) is 0.212. The first kappa shape index (κ1) is 17.6. The summed E-state index contributed by atoms with van der Waals surface area (Å²) in [6.45, 7) is 4.54. The van der Waals surface area contributed by atoms with Crippen LogP contribution in [0.15, 0.2) is 6.33 Å². The lowest BCUT2D eigenvalue weighted by Crippen LogP contribution is -2.16.